The quantitative estimate of drug-likeness (QED) is 0.855. The summed E-state index contributed by atoms with van der Waals surface area (Å²) in [5.74, 6) is 0. The number of thiophene rings is 1. The number of hydrogen-bond acceptors (Lipinski definition) is 3. The van der Waals surface area contributed by atoms with Crippen LogP contribution in [0.25, 0.3) is 0 Å². The molecule has 2 nitrogen and oxygen atoms in total. The second kappa shape index (κ2) is 5.10. The van der Waals surface area contributed by atoms with Gasteiger partial charge in [-0.2, -0.15) is 0 Å². The Balaban J connectivity index is 2.00. The Morgan fingerprint density at radius 1 is 1.53 bits per heavy atom. The van der Waals surface area contributed by atoms with Crippen molar-refractivity contribution >= 4 is 11.3 Å². The Kier molecular flexibility index (Phi) is 3.78. The monoisotopic (exact) mass is 225 g/mol. The minimum absolute atomic E-state index is 0.119. The molecule has 84 valence electrons. The van der Waals surface area contributed by atoms with Gasteiger partial charge in [0.1, 0.15) is 6.10 Å². The van der Waals surface area contributed by atoms with Crippen molar-refractivity contribution in [2.75, 3.05) is 6.54 Å². The minimum atomic E-state index is 0.119. The first-order valence-corrected chi connectivity index (χ1v) is 6.58. The third kappa shape index (κ3) is 2.60. The van der Waals surface area contributed by atoms with Crippen molar-refractivity contribution in [3.8, 4) is 0 Å². The fourth-order valence-corrected chi connectivity index (χ4v) is 3.17. The van der Waals surface area contributed by atoms with Crippen LogP contribution < -0.4 is 5.73 Å². The third-order valence-electron chi connectivity index (χ3n) is 3.07. The fraction of sp³-hybridized carbons (Fsp3) is 0.667. The summed E-state index contributed by atoms with van der Waals surface area (Å²) in [6.07, 6.45) is 5.60. The summed E-state index contributed by atoms with van der Waals surface area (Å²) in [5, 5.41) is 2.12. The smallest absolute Gasteiger partial charge is 0.104 e. The van der Waals surface area contributed by atoms with E-state index in [4.69, 9.17) is 10.5 Å². The van der Waals surface area contributed by atoms with Gasteiger partial charge in [-0.25, -0.2) is 0 Å². The summed E-state index contributed by atoms with van der Waals surface area (Å²) < 4.78 is 6.07. The average Bonchev–Trinajstić information content (AvgIpc) is 2.85. The van der Waals surface area contributed by atoms with Gasteiger partial charge in [-0.3, -0.25) is 0 Å². The lowest BCUT2D eigenvalue weighted by Crippen LogP contribution is -2.20. The van der Waals surface area contributed by atoms with Crippen LogP contribution in [0, 0.1) is 6.92 Å². The van der Waals surface area contributed by atoms with Crippen LogP contribution in [0.15, 0.2) is 11.4 Å². The highest BCUT2D eigenvalue weighted by atomic mass is 32.1. The van der Waals surface area contributed by atoms with Crippen molar-refractivity contribution in [1.29, 1.82) is 0 Å². The number of aryl methyl sites for hydroxylation is 1. The number of ether oxygens (including phenoxy) is 1. The number of rotatable bonds is 4. The molecule has 1 unspecified atom stereocenters. The molecule has 15 heavy (non-hydrogen) atoms. The first kappa shape index (κ1) is 11.1. The second-order valence-corrected chi connectivity index (χ2v) is 5.18. The Morgan fingerprint density at radius 2 is 2.27 bits per heavy atom. The largest absolute Gasteiger partial charge is 0.368 e. The van der Waals surface area contributed by atoms with Gasteiger partial charge in [0.15, 0.2) is 0 Å². The van der Waals surface area contributed by atoms with Crippen molar-refractivity contribution < 1.29 is 4.74 Å². The maximum absolute atomic E-state index is 6.07. The molecule has 0 amide bonds. The lowest BCUT2D eigenvalue weighted by atomic mass is 10.2. The molecule has 2 rings (SSSR count). The van der Waals surface area contributed by atoms with Gasteiger partial charge in [0, 0.05) is 11.4 Å². The lowest BCUT2D eigenvalue weighted by Gasteiger charge is -2.20. The Hall–Kier alpha value is -0.380. The summed E-state index contributed by atoms with van der Waals surface area (Å²) >= 11 is 1.76. The highest BCUT2D eigenvalue weighted by molar-refractivity contribution is 7.10. The van der Waals surface area contributed by atoms with Crippen LogP contribution in [0.5, 0.6) is 0 Å². The van der Waals surface area contributed by atoms with Crippen LogP contribution in [0.3, 0.4) is 0 Å². The van der Waals surface area contributed by atoms with Crippen LogP contribution in [-0.2, 0) is 4.74 Å². The summed E-state index contributed by atoms with van der Waals surface area (Å²) in [6, 6.07) is 2.14. The molecule has 1 saturated carbocycles. The van der Waals surface area contributed by atoms with Crippen molar-refractivity contribution in [2.45, 2.75) is 44.8 Å². The summed E-state index contributed by atoms with van der Waals surface area (Å²) in [7, 11) is 0. The number of nitrogens with two attached hydrogens (primary N) is 1. The van der Waals surface area contributed by atoms with Gasteiger partial charge in [-0.15, -0.1) is 11.3 Å². The van der Waals surface area contributed by atoms with Gasteiger partial charge in [-0.1, -0.05) is 12.8 Å². The molecule has 1 atom stereocenters. The van der Waals surface area contributed by atoms with Gasteiger partial charge >= 0.3 is 0 Å². The first-order valence-electron chi connectivity index (χ1n) is 5.70. The zero-order valence-electron chi connectivity index (χ0n) is 9.24. The standard InChI is InChI=1S/C12H19NOS/c1-9-6-7-15-12(9)11(8-13)14-10-4-2-3-5-10/h6-7,10-11H,2-5,8,13H2,1H3. The Morgan fingerprint density at radius 3 is 2.80 bits per heavy atom. The van der Waals surface area contributed by atoms with E-state index >= 15 is 0 Å². The van der Waals surface area contributed by atoms with Crippen molar-refractivity contribution in [3.05, 3.63) is 21.9 Å². The molecule has 1 fully saturated rings. The third-order valence-corrected chi connectivity index (χ3v) is 4.18. The van der Waals surface area contributed by atoms with Crippen molar-refractivity contribution in [1.82, 2.24) is 0 Å². The molecule has 1 aliphatic carbocycles. The van der Waals surface area contributed by atoms with E-state index in [9.17, 15) is 0 Å². The predicted molar refractivity (Wildman–Crippen MR) is 64.2 cm³/mol. The van der Waals surface area contributed by atoms with E-state index < -0.39 is 0 Å². The zero-order valence-corrected chi connectivity index (χ0v) is 10.1. The van der Waals surface area contributed by atoms with Gasteiger partial charge in [0.25, 0.3) is 0 Å². The van der Waals surface area contributed by atoms with Gasteiger partial charge < -0.3 is 10.5 Å². The first-order chi connectivity index (χ1) is 7.31. The molecule has 0 saturated heterocycles. The van der Waals surface area contributed by atoms with E-state index in [1.54, 1.807) is 11.3 Å². The minimum Gasteiger partial charge on any atom is -0.368 e. The highest BCUT2D eigenvalue weighted by Crippen LogP contribution is 2.31. The maximum atomic E-state index is 6.07. The van der Waals surface area contributed by atoms with E-state index in [1.807, 2.05) is 0 Å². The molecule has 0 bridgehead atoms. The summed E-state index contributed by atoms with van der Waals surface area (Å²) in [6.45, 7) is 2.73. The molecule has 0 aromatic carbocycles. The summed E-state index contributed by atoms with van der Waals surface area (Å²) in [4.78, 5) is 1.31. The molecule has 3 heteroatoms. The van der Waals surface area contributed by atoms with Crippen LogP contribution >= 0.6 is 11.3 Å². The molecule has 2 N–H and O–H groups in total. The van der Waals surface area contributed by atoms with Crippen LogP contribution in [-0.4, -0.2) is 12.6 Å². The molecule has 1 aliphatic rings. The molecule has 1 heterocycles. The van der Waals surface area contributed by atoms with Crippen molar-refractivity contribution in [2.24, 2.45) is 5.73 Å². The topological polar surface area (TPSA) is 35.2 Å². The van der Waals surface area contributed by atoms with Gasteiger partial charge in [0.2, 0.25) is 0 Å². The Labute approximate surface area is 95.4 Å². The summed E-state index contributed by atoms with van der Waals surface area (Å²) in [5.41, 5.74) is 7.11. The zero-order chi connectivity index (χ0) is 10.7. The molecular weight excluding hydrogens is 206 g/mol. The predicted octanol–water partition coefficient (Wildman–Crippen LogP) is 3.02. The van der Waals surface area contributed by atoms with Gasteiger partial charge in [-0.05, 0) is 36.8 Å². The average molecular weight is 225 g/mol. The molecular formula is C12H19NOS. The second-order valence-electron chi connectivity index (χ2n) is 4.23. The molecule has 0 radical (unpaired) electrons. The van der Waals surface area contributed by atoms with Crippen LogP contribution in [0.1, 0.15) is 42.2 Å². The van der Waals surface area contributed by atoms with E-state index in [1.165, 1.54) is 36.1 Å². The molecule has 1 aromatic rings. The van der Waals surface area contributed by atoms with E-state index in [2.05, 4.69) is 18.4 Å². The normalized spacial score (nSPS) is 19.6. The van der Waals surface area contributed by atoms with Crippen molar-refractivity contribution in [3.63, 3.8) is 0 Å². The lowest BCUT2D eigenvalue weighted by molar-refractivity contribution is -0.00275. The maximum Gasteiger partial charge on any atom is 0.104 e. The molecule has 1 aromatic heterocycles. The fourth-order valence-electron chi connectivity index (χ4n) is 2.20. The van der Waals surface area contributed by atoms with E-state index in [-0.39, 0.29) is 6.10 Å². The SMILES string of the molecule is Cc1ccsc1C(CN)OC1CCCC1. The molecule has 0 aliphatic heterocycles. The van der Waals surface area contributed by atoms with E-state index in [0.29, 0.717) is 12.6 Å². The number of hydrogen-bond donors (Lipinski definition) is 1. The van der Waals surface area contributed by atoms with Crippen LogP contribution in [0.2, 0.25) is 0 Å². The van der Waals surface area contributed by atoms with E-state index in [0.717, 1.165) is 0 Å². The van der Waals surface area contributed by atoms with Gasteiger partial charge in [0.05, 0.1) is 6.10 Å². The molecule has 0 spiro atoms. The Bertz CT molecular complexity index is 304. The highest BCUT2D eigenvalue weighted by Gasteiger charge is 2.22. The van der Waals surface area contributed by atoms with Crippen LogP contribution in [0.4, 0.5) is 0 Å².